The van der Waals surface area contributed by atoms with Crippen molar-refractivity contribution in [3.05, 3.63) is 22.2 Å². The summed E-state index contributed by atoms with van der Waals surface area (Å²) in [5.41, 5.74) is 5.25. The Hall–Kier alpha value is -1.85. The Bertz CT molecular complexity index is 404. The largest absolute Gasteiger partial charge is 0.478 e. The van der Waals surface area contributed by atoms with Crippen LogP contribution in [0.1, 0.15) is 19.3 Å². The van der Waals surface area contributed by atoms with Crippen LogP contribution in [0.4, 0.5) is 11.5 Å². The molecule has 1 saturated carbocycles. The molecule has 1 aliphatic carbocycles. The third-order valence-corrected chi connectivity index (χ3v) is 2.55. The number of aromatic nitrogens is 1. The Balaban J connectivity index is 1.93. The quantitative estimate of drug-likeness (QED) is 0.606. The zero-order valence-electron chi connectivity index (χ0n) is 8.76. The maximum Gasteiger partial charge on any atom is 0.311 e. The van der Waals surface area contributed by atoms with Gasteiger partial charge in [-0.2, -0.15) is 4.98 Å². The fourth-order valence-electron chi connectivity index (χ4n) is 1.42. The minimum atomic E-state index is -0.559. The summed E-state index contributed by atoms with van der Waals surface area (Å²) in [5, 5.41) is 10.5. The van der Waals surface area contributed by atoms with Crippen molar-refractivity contribution in [3.8, 4) is 5.88 Å². The highest BCUT2D eigenvalue weighted by molar-refractivity contribution is 5.53. The fraction of sp³-hybridized carbons (Fsp3) is 0.500. The molecular formula is C10H13N3O3. The van der Waals surface area contributed by atoms with E-state index in [1.807, 2.05) is 0 Å². The summed E-state index contributed by atoms with van der Waals surface area (Å²) >= 11 is 0. The van der Waals surface area contributed by atoms with Gasteiger partial charge in [0.25, 0.3) is 0 Å². The highest BCUT2D eigenvalue weighted by Gasteiger charge is 2.21. The van der Waals surface area contributed by atoms with Crippen LogP contribution in [-0.4, -0.2) is 16.5 Å². The molecule has 0 radical (unpaired) electrons. The standard InChI is InChI=1S/C10H13N3O3/c11-10-8(13(14)15)3-4-9(12-10)16-6-5-7-1-2-7/h3-4,7H,1-2,5-6H2,(H2,11,12). The van der Waals surface area contributed by atoms with Gasteiger partial charge in [0.15, 0.2) is 0 Å². The Kier molecular flexibility index (Phi) is 2.89. The molecule has 0 aliphatic heterocycles. The van der Waals surface area contributed by atoms with Crippen LogP contribution in [-0.2, 0) is 0 Å². The molecular weight excluding hydrogens is 210 g/mol. The van der Waals surface area contributed by atoms with Crippen LogP contribution in [0, 0.1) is 16.0 Å². The molecule has 0 atom stereocenters. The lowest BCUT2D eigenvalue weighted by molar-refractivity contribution is -0.384. The molecule has 0 unspecified atom stereocenters. The maximum atomic E-state index is 10.5. The van der Waals surface area contributed by atoms with Crippen molar-refractivity contribution in [3.63, 3.8) is 0 Å². The average molecular weight is 223 g/mol. The summed E-state index contributed by atoms with van der Waals surface area (Å²) in [4.78, 5) is 13.8. The van der Waals surface area contributed by atoms with E-state index in [2.05, 4.69) is 4.98 Å². The minimum Gasteiger partial charge on any atom is -0.478 e. The summed E-state index contributed by atoms with van der Waals surface area (Å²) < 4.78 is 5.36. The van der Waals surface area contributed by atoms with E-state index in [1.165, 1.54) is 25.0 Å². The summed E-state index contributed by atoms with van der Waals surface area (Å²) in [5.74, 6) is 1.04. The van der Waals surface area contributed by atoms with Crippen LogP contribution in [0.2, 0.25) is 0 Å². The van der Waals surface area contributed by atoms with Crippen LogP contribution in [0.3, 0.4) is 0 Å². The second-order valence-electron chi connectivity index (χ2n) is 3.89. The Morgan fingerprint density at radius 3 is 2.88 bits per heavy atom. The second kappa shape index (κ2) is 4.34. The molecule has 1 aromatic heterocycles. The Labute approximate surface area is 92.6 Å². The Morgan fingerprint density at radius 2 is 2.31 bits per heavy atom. The van der Waals surface area contributed by atoms with E-state index in [-0.39, 0.29) is 11.5 Å². The fourth-order valence-corrected chi connectivity index (χ4v) is 1.42. The summed E-state index contributed by atoms with van der Waals surface area (Å²) in [6.07, 6.45) is 3.57. The smallest absolute Gasteiger partial charge is 0.311 e. The van der Waals surface area contributed by atoms with Gasteiger partial charge in [0.05, 0.1) is 11.5 Å². The number of hydrogen-bond acceptors (Lipinski definition) is 5. The van der Waals surface area contributed by atoms with Gasteiger partial charge in [0.2, 0.25) is 11.7 Å². The normalized spacial score (nSPS) is 14.8. The maximum absolute atomic E-state index is 10.5. The lowest BCUT2D eigenvalue weighted by Gasteiger charge is -2.04. The molecule has 1 heterocycles. The van der Waals surface area contributed by atoms with E-state index >= 15 is 0 Å². The number of nitro groups is 1. The van der Waals surface area contributed by atoms with E-state index in [1.54, 1.807) is 0 Å². The first kappa shape index (κ1) is 10.7. The molecule has 0 saturated heterocycles. The third kappa shape index (κ3) is 2.59. The van der Waals surface area contributed by atoms with Gasteiger partial charge in [-0.1, -0.05) is 12.8 Å². The van der Waals surface area contributed by atoms with Crippen LogP contribution in [0.15, 0.2) is 12.1 Å². The number of ether oxygens (including phenoxy) is 1. The van der Waals surface area contributed by atoms with Gasteiger partial charge in [0.1, 0.15) is 0 Å². The third-order valence-electron chi connectivity index (χ3n) is 2.55. The van der Waals surface area contributed by atoms with E-state index in [4.69, 9.17) is 10.5 Å². The average Bonchev–Trinajstić information content (AvgIpc) is 3.01. The number of nitrogens with two attached hydrogens (primary N) is 1. The van der Waals surface area contributed by atoms with Crippen LogP contribution < -0.4 is 10.5 Å². The monoisotopic (exact) mass is 223 g/mol. The molecule has 1 aromatic rings. The highest BCUT2D eigenvalue weighted by atomic mass is 16.6. The predicted octanol–water partition coefficient (Wildman–Crippen LogP) is 1.75. The molecule has 1 fully saturated rings. The van der Waals surface area contributed by atoms with Crippen molar-refractivity contribution >= 4 is 11.5 Å². The number of anilines is 1. The van der Waals surface area contributed by atoms with E-state index < -0.39 is 4.92 Å². The topological polar surface area (TPSA) is 91.3 Å². The predicted molar refractivity (Wildman–Crippen MR) is 58.1 cm³/mol. The molecule has 0 bridgehead atoms. The number of nitrogen functional groups attached to an aromatic ring is 1. The van der Waals surface area contributed by atoms with Crippen LogP contribution in [0.25, 0.3) is 0 Å². The molecule has 0 aromatic carbocycles. The molecule has 6 heteroatoms. The Morgan fingerprint density at radius 1 is 1.56 bits per heavy atom. The van der Waals surface area contributed by atoms with E-state index in [9.17, 15) is 10.1 Å². The lowest BCUT2D eigenvalue weighted by Crippen LogP contribution is -2.03. The molecule has 86 valence electrons. The second-order valence-corrected chi connectivity index (χ2v) is 3.89. The van der Waals surface area contributed by atoms with Crippen molar-refractivity contribution in [2.45, 2.75) is 19.3 Å². The molecule has 0 amide bonds. The summed E-state index contributed by atoms with van der Waals surface area (Å²) in [7, 11) is 0. The molecule has 2 N–H and O–H groups in total. The zero-order chi connectivity index (χ0) is 11.5. The number of nitrogens with zero attached hydrogens (tertiary/aromatic N) is 2. The van der Waals surface area contributed by atoms with Crippen molar-refractivity contribution in [2.24, 2.45) is 5.92 Å². The van der Waals surface area contributed by atoms with Crippen molar-refractivity contribution in [1.29, 1.82) is 0 Å². The molecule has 6 nitrogen and oxygen atoms in total. The van der Waals surface area contributed by atoms with Gasteiger partial charge < -0.3 is 10.5 Å². The molecule has 1 aliphatic rings. The zero-order valence-corrected chi connectivity index (χ0v) is 8.76. The van der Waals surface area contributed by atoms with Gasteiger partial charge >= 0.3 is 5.69 Å². The van der Waals surface area contributed by atoms with Crippen molar-refractivity contribution in [1.82, 2.24) is 4.98 Å². The van der Waals surface area contributed by atoms with Gasteiger partial charge in [-0.3, -0.25) is 10.1 Å². The lowest BCUT2D eigenvalue weighted by atomic mass is 10.3. The first-order valence-corrected chi connectivity index (χ1v) is 5.20. The molecule has 16 heavy (non-hydrogen) atoms. The van der Waals surface area contributed by atoms with Gasteiger partial charge in [-0.05, 0) is 12.3 Å². The SMILES string of the molecule is Nc1nc(OCCC2CC2)ccc1[N+](=O)[O-]. The summed E-state index contributed by atoms with van der Waals surface area (Å²) in [6, 6.07) is 2.79. The number of hydrogen-bond donors (Lipinski definition) is 1. The van der Waals surface area contributed by atoms with Gasteiger partial charge in [-0.15, -0.1) is 0 Å². The number of pyridine rings is 1. The van der Waals surface area contributed by atoms with Crippen molar-refractivity contribution < 1.29 is 9.66 Å². The first-order chi connectivity index (χ1) is 7.66. The summed E-state index contributed by atoms with van der Waals surface area (Å²) in [6.45, 7) is 0.592. The van der Waals surface area contributed by atoms with E-state index in [0.29, 0.717) is 12.5 Å². The van der Waals surface area contributed by atoms with Gasteiger partial charge in [0, 0.05) is 12.1 Å². The van der Waals surface area contributed by atoms with Crippen molar-refractivity contribution in [2.75, 3.05) is 12.3 Å². The van der Waals surface area contributed by atoms with E-state index in [0.717, 1.165) is 12.3 Å². The first-order valence-electron chi connectivity index (χ1n) is 5.20. The van der Waals surface area contributed by atoms with Gasteiger partial charge in [-0.25, -0.2) is 0 Å². The molecule has 0 spiro atoms. The van der Waals surface area contributed by atoms with Crippen LogP contribution >= 0.6 is 0 Å². The van der Waals surface area contributed by atoms with Crippen LogP contribution in [0.5, 0.6) is 5.88 Å². The highest BCUT2D eigenvalue weighted by Crippen LogP contribution is 2.32. The number of rotatable bonds is 5. The molecule has 2 rings (SSSR count). The minimum absolute atomic E-state index is 0.103.